The van der Waals surface area contributed by atoms with Gasteiger partial charge in [0.05, 0.1) is 6.61 Å². The van der Waals surface area contributed by atoms with E-state index in [-0.39, 0.29) is 11.6 Å². The highest BCUT2D eigenvalue weighted by Crippen LogP contribution is 2.30. The summed E-state index contributed by atoms with van der Waals surface area (Å²) in [7, 11) is 0. The second kappa shape index (κ2) is 8.13. The molecule has 1 nitrogen and oxygen atoms in total. The van der Waals surface area contributed by atoms with Crippen LogP contribution in [0.3, 0.4) is 0 Å². The molecule has 0 saturated carbocycles. The zero-order valence-corrected chi connectivity index (χ0v) is 15.1. The van der Waals surface area contributed by atoms with Gasteiger partial charge < -0.3 is 4.74 Å². The van der Waals surface area contributed by atoms with Crippen LogP contribution in [0.2, 0.25) is 0 Å². The highest BCUT2D eigenvalue weighted by Gasteiger charge is 2.11. The van der Waals surface area contributed by atoms with Gasteiger partial charge in [0.1, 0.15) is 5.82 Å². The Kier molecular flexibility index (Phi) is 5.67. The first-order valence-electron chi connectivity index (χ1n) is 8.94. The van der Waals surface area contributed by atoms with E-state index in [0.29, 0.717) is 17.7 Å². The smallest absolute Gasteiger partial charge is 0.165 e. The summed E-state index contributed by atoms with van der Waals surface area (Å²) in [6.45, 7) is 4.32. The highest BCUT2D eigenvalue weighted by atomic mass is 19.1. The molecule has 0 aliphatic heterocycles. The van der Waals surface area contributed by atoms with Crippen LogP contribution in [0.5, 0.6) is 5.75 Å². The number of hydrogen-bond acceptors (Lipinski definition) is 1. The summed E-state index contributed by atoms with van der Waals surface area (Å²) in [6.07, 6.45) is 2.14. The molecule has 0 unspecified atom stereocenters. The number of benzene rings is 3. The molecule has 134 valence electrons. The molecule has 0 aliphatic carbocycles. The van der Waals surface area contributed by atoms with Crippen molar-refractivity contribution in [1.82, 2.24) is 0 Å². The van der Waals surface area contributed by atoms with Crippen LogP contribution in [-0.4, -0.2) is 6.61 Å². The van der Waals surface area contributed by atoms with Gasteiger partial charge in [0.2, 0.25) is 0 Å². The van der Waals surface area contributed by atoms with Crippen molar-refractivity contribution < 1.29 is 13.5 Å². The Labute approximate surface area is 153 Å². The minimum Gasteiger partial charge on any atom is -0.491 e. The van der Waals surface area contributed by atoms with Crippen molar-refractivity contribution in [3.63, 3.8) is 0 Å². The SMILES string of the molecule is CCCc1ccc(-c2ccc(-c3ccc(OCC)c(F)c3)c(F)c2)cc1. The molecule has 0 spiro atoms. The monoisotopic (exact) mass is 352 g/mol. The van der Waals surface area contributed by atoms with Crippen LogP contribution in [0.15, 0.2) is 60.7 Å². The molecular weight excluding hydrogens is 330 g/mol. The highest BCUT2D eigenvalue weighted by molar-refractivity contribution is 5.71. The predicted molar refractivity (Wildman–Crippen MR) is 102 cm³/mol. The maximum Gasteiger partial charge on any atom is 0.165 e. The van der Waals surface area contributed by atoms with Gasteiger partial charge in [0.15, 0.2) is 11.6 Å². The first-order valence-corrected chi connectivity index (χ1v) is 8.94. The Balaban J connectivity index is 1.89. The molecule has 0 aromatic heterocycles. The number of halogens is 2. The lowest BCUT2D eigenvalue weighted by Gasteiger charge is -2.10. The first kappa shape index (κ1) is 18.1. The lowest BCUT2D eigenvalue weighted by atomic mass is 9.98. The standard InChI is InChI=1S/C23H22F2O/c1-3-5-16-6-8-17(9-7-16)18-10-12-20(21(24)14-18)19-11-13-23(26-4-2)22(25)15-19/h6-15H,3-5H2,1-2H3. The Morgan fingerprint density at radius 1 is 0.731 bits per heavy atom. The van der Waals surface area contributed by atoms with Crippen molar-refractivity contribution >= 4 is 0 Å². The molecule has 0 bridgehead atoms. The second-order valence-corrected chi connectivity index (χ2v) is 6.22. The third-order valence-corrected chi connectivity index (χ3v) is 4.34. The quantitative estimate of drug-likeness (QED) is 0.482. The van der Waals surface area contributed by atoms with Gasteiger partial charge in [0, 0.05) is 5.56 Å². The lowest BCUT2D eigenvalue weighted by molar-refractivity contribution is 0.321. The molecule has 0 aliphatic rings. The summed E-state index contributed by atoms with van der Waals surface area (Å²) in [4.78, 5) is 0. The predicted octanol–water partition coefficient (Wildman–Crippen LogP) is 6.65. The van der Waals surface area contributed by atoms with Crippen LogP contribution >= 0.6 is 0 Å². The molecule has 3 rings (SSSR count). The molecule has 3 heteroatoms. The Hall–Kier alpha value is -2.68. The van der Waals surface area contributed by atoms with Crippen LogP contribution in [0.25, 0.3) is 22.3 Å². The summed E-state index contributed by atoms with van der Waals surface area (Å²) in [6, 6.07) is 17.7. The third-order valence-electron chi connectivity index (χ3n) is 4.34. The van der Waals surface area contributed by atoms with Gasteiger partial charge in [-0.2, -0.15) is 0 Å². The van der Waals surface area contributed by atoms with Crippen molar-refractivity contribution in [1.29, 1.82) is 0 Å². The van der Waals surface area contributed by atoms with Gasteiger partial charge in [0.25, 0.3) is 0 Å². The van der Waals surface area contributed by atoms with Crippen molar-refractivity contribution in [2.45, 2.75) is 26.7 Å². The fraction of sp³-hybridized carbons (Fsp3) is 0.217. The molecule has 0 fully saturated rings. The van der Waals surface area contributed by atoms with E-state index in [1.54, 1.807) is 19.1 Å². The third kappa shape index (κ3) is 3.93. The van der Waals surface area contributed by atoms with Crippen molar-refractivity contribution in [2.24, 2.45) is 0 Å². The van der Waals surface area contributed by atoms with Gasteiger partial charge in [-0.15, -0.1) is 0 Å². The number of hydrogen-bond donors (Lipinski definition) is 0. The van der Waals surface area contributed by atoms with E-state index in [9.17, 15) is 8.78 Å². The molecule has 26 heavy (non-hydrogen) atoms. The second-order valence-electron chi connectivity index (χ2n) is 6.22. The lowest BCUT2D eigenvalue weighted by Crippen LogP contribution is -1.95. The fourth-order valence-corrected chi connectivity index (χ4v) is 3.02. The molecule has 3 aromatic rings. The van der Waals surface area contributed by atoms with Gasteiger partial charge in [-0.1, -0.05) is 55.8 Å². The maximum absolute atomic E-state index is 14.6. The van der Waals surface area contributed by atoms with Crippen molar-refractivity contribution in [2.75, 3.05) is 6.61 Å². The minimum atomic E-state index is -0.487. The molecule has 0 saturated heterocycles. The van der Waals surface area contributed by atoms with E-state index in [2.05, 4.69) is 19.1 Å². The summed E-state index contributed by atoms with van der Waals surface area (Å²) >= 11 is 0. The van der Waals surface area contributed by atoms with Gasteiger partial charge in [-0.05, 0) is 53.8 Å². The molecule has 0 atom stereocenters. The molecular formula is C23H22F2O. The van der Waals surface area contributed by atoms with Crippen LogP contribution in [0.4, 0.5) is 8.78 Å². The van der Waals surface area contributed by atoms with Crippen LogP contribution in [-0.2, 0) is 6.42 Å². The average Bonchev–Trinajstić information content (AvgIpc) is 2.64. The molecule has 3 aromatic carbocycles. The molecule has 0 N–H and O–H groups in total. The number of aryl methyl sites for hydroxylation is 1. The average molecular weight is 352 g/mol. The van der Waals surface area contributed by atoms with Gasteiger partial charge >= 0.3 is 0 Å². The van der Waals surface area contributed by atoms with Crippen LogP contribution in [0.1, 0.15) is 25.8 Å². The van der Waals surface area contributed by atoms with E-state index in [0.717, 1.165) is 24.0 Å². The minimum absolute atomic E-state index is 0.181. The van der Waals surface area contributed by atoms with Gasteiger partial charge in [-0.25, -0.2) is 8.78 Å². The summed E-state index contributed by atoms with van der Waals surface area (Å²) in [5, 5.41) is 0. The Morgan fingerprint density at radius 3 is 2.00 bits per heavy atom. The topological polar surface area (TPSA) is 9.23 Å². The first-order chi connectivity index (χ1) is 12.6. The van der Waals surface area contributed by atoms with E-state index in [1.165, 1.54) is 23.8 Å². The summed E-state index contributed by atoms with van der Waals surface area (Å²) in [5.41, 5.74) is 3.92. The van der Waals surface area contributed by atoms with Crippen LogP contribution < -0.4 is 4.74 Å². The van der Waals surface area contributed by atoms with E-state index in [4.69, 9.17) is 4.74 Å². The van der Waals surface area contributed by atoms with E-state index in [1.807, 2.05) is 18.2 Å². The Morgan fingerprint density at radius 2 is 1.38 bits per heavy atom. The maximum atomic E-state index is 14.6. The summed E-state index contributed by atoms with van der Waals surface area (Å²) in [5.74, 6) is -0.677. The van der Waals surface area contributed by atoms with Crippen LogP contribution in [0, 0.1) is 11.6 Å². The molecule has 0 radical (unpaired) electrons. The normalized spacial score (nSPS) is 10.8. The number of rotatable bonds is 6. The van der Waals surface area contributed by atoms with E-state index >= 15 is 0 Å². The molecule has 0 amide bonds. The summed E-state index contributed by atoms with van der Waals surface area (Å²) < 4.78 is 33.9. The van der Waals surface area contributed by atoms with Crippen molar-refractivity contribution in [3.05, 3.63) is 77.9 Å². The largest absolute Gasteiger partial charge is 0.491 e. The molecule has 0 heterocycles. The van der Waals surface area contributed by atoms with E-state index < -0.39 is 5.82 Å². The Bertz CT molecular complexity index is 885. The zero-order valence-electron chi connectivity index (χ0n) is 15.1. The zero-order chi connectivity index (χ0) is 18.5. The van der Waals surface area contributed by atoms with Crippen molar-refractivity contribution in [3.8, 4) is 28.0 Å². The fourth-order valence-electron chi connectivity index (χ4n) is 3.02. The van der Waals surface area contributed by atoms with Gasteiger partial charge in [-0.3, -0.25) is 0 Å². The number of ether oxygens (including phenoxy) is 1.